The van der Waals surface area contributed by atoms with Gasteiger partial charge in [0.25, 0.3) is 0 Å². The topological polar surface area (TPSA) is 65.7 Å². The van der Waals surface area contributed by atoms with Crippen LogP contribution >= 0.6 is 60.8 Å². The van der Waals surface area contributed by atoms with Crippen molar-refractivity contribution in [2.24, 2.45) is 10.2 Å². The lowest BCUT2D eigenvalue weighted by Crippen LogP contribution is -2.20. The van der Waals surface area contributed by atoms with Crippen molar-refractivity contribution >= 4 is 66.5 Å². The second-order valence-corrected chi connectivity index (χ2v) is 5.92. The number of nitrogens with zero attached hydrogens (tertiary/aromatic N) is 2. The van der Waals surface area contributed by atoms with Crippen molar-refractivity contribution in [2.75, 3.05) is 0 Å². The summed E-state index contributed by atoms with van der Waals surface area (Å²) in [6.45, 7) is 0. The molecule has 10 heteroatoms. The van der Waals surface area contributed by atoms with Crippen LogP contribution in [0.5, 0.6) is 0 Å². The molecule has 0 bridgehead atoms. The molecular weight excluding hydrogens is 294 g/mol. The zero-order valence-electron chi connectivity index (χ0n) is 7.25. The van der Waals surface area contributed by atoms with E-state index in [9.17, 15) is 0 Å². The number of hydrazine groups is 1. The molecule has 0 aromatic rings. The van der Waals surface area contributed by atoms with Gasteiger partial charge in [-0.2, -0.15) is 12.7 Å². The molecule has 0 spiro atoms. The van der Waals surface area contributed by atoms with Gasteiger partial charge in [0.15, 0.2) is 0 Å². The van der Waals surface area contributed by atoms with Gasteiger partial charge in [-0.15, -0.1) is 16.2 Å². The molecule has 84 valence electrons. The minimum atomic E-state index is 0. The molecule has 0 amide bonds. The summed E-state index contributed by atoms with van der Waals surface area (Å²) < 4.78 is 11.7. The summed E-state index contributed by atoms with van der Waals surface area (Å²) in [5.74, 6) is 5.71. The highest BCUT2D eigenvalue weighted by Crippen LogP contribution is 2.29. The van der Waals surface area contributed by atoms with Crippen LogP contribution in [0.3, 0.4) is 0 Å². The quantitative estimate of drug-likeness (QED) is 0.464. The fourth-order valence-electron chi connectivity index (χ4n) is 0.821. The van der Waals surface area contributed by atoms with Gasteiger partial charge in [0.05, 0.1) is 22.8 Å². The maximum absolute atomic E-state index is 5.71. The molecule has 4 N–H and O–H groups in total. The third-order valence-corrected chi connectivity index (χ3v) is 4.23. The average molecular weight is 302 g/mol. The maximum Gasteiger partial charge on any atom is 0.0878 e. The molecule has 0 fully saturated rings. The molecule has 1 aliphatic heterocycles. The van der Waals surface area contributed by atoms with E-state index in [2.05, 4.69) is 12.7 Å². The summed E-state index contributed by atoms with van der Waals surface area (Å²) in [6, 6.07) is 0. The summed E-state index contributed by atoms with van der Waals surface area (Å²) in [6.07, 6.45) is 5.90. The molecule has 15 heavy (non-hydrogen) atoms. The number of hydrogen-bond acceptors (Lipinski definition) is 9. The standard InChI is InChI=1S/C5H7N5S4.ClH/c6-10-11-5-3-1-2-4(5)7-12-8-13-9-14-10;/h1-3,8-9H,6H2;1H/b7-4-;. The Balaban J connectivity index is 0.00000112. The normalized spacial score (nSPS) is 25.9. The van der Waals surface area contributed by atoms with Crippen molar-refractivity contribution in [1.29, 1.82) is 0 Å². The van der Waals surface area contributed by atoms with E-state index in [0.29, 0.717) is 0 Å². The molecule has 0 unspecified atom stereocenters. The highest BCUT2D eigenvalue weighted by atomic mass is 35.5. The first-order chi connectivity index (χ1) is 6.86. The molecule has 2 aliphatic rings. The molecule has 1 aliphatic carbocycles. The van der Waals surface area contributed by atoms with Gasteiger partial charge in [-0.1, -0.05) is 6.08 Å². The van der Waals surface area contributed by atoms with E-state index in [-0.39, 0.29) is 12.4 Å². The van der Waals surface area contributed by atoms with Gasteiger partial charge in [0.1, 0.15) is 0 Å². The van der Waals surface area contributed by atoms with Crippen molar-refractivity contribution in [2.45, 2.75) is 0 Å². The number of halogens is 1. The zero-order chi connectivity index (χ0) is 9.80. The SMILES string of the molecule is Cl.NN1SNSNS/N=C2/C=CC=C2S1. The molecule has 0 aromatic heterocycles. The predicted molar refractivity (Wildman–Crippen MR) is 74.6 cm³/mol. The monoisotopic (exact) mass is 301 g/mol. The summed E-state index contributed by atoms with van der Waals surface area (Å²) in [4.78, 5) is 1.04. The zero-order valence-corrected chi connectivity index (χ0v) is 11.3. The average Bonchev–Trinajstić information content (AvgIpc) is 2.59. The van der Waals surface area contributed by atoms with Gasteiger partial charge >= 0.3 is 0 Å². The van der Waals surface area contributed by atoms with Crippen LogP contribution in [0.2, 0.25) is 0 Å². The molecule has 2 rings (SSSR count). The van der Waals surface area contributed by atoms with Gasteiger partial charge in [-0.3, -0.25) is 0 Å². The molecule has 1 heterocycles. The van der Waals surface area contributed by atoms with E-state index in [1.54, 1.807) is 3.82 Å². The minimum absolute atomic E-state index is 0. The van der Waals surface area contributed by atoms with Crippen LogP contribution in [0.25, 0.3) is 0 Å². The number of hydrogen-bond donors (Lipinski definition) is 3. The lowest BCUT2D eigenvalue weighted by Gasteiger charge is -2.15. The van der Waals surface area contributed by atoms with Crippen molar-refractivity contribution in [3.05, 3.63) is 23.1 Å². The smallest absolute Gasteiger partial charge is 0.0878 e. The van der Waals surface area contributed by atoms with Crippen molar-refractivity contribution in [1.82, 2.24) is 12.1 Å². The highest BCUT2D eigenvalue weighted by molar-refractivity contribution is 8.21. The lowest BCUT2D eigenvalue weighted by molar-refractivity contribution is 0.819. The Morgan fingerprint density at radius 3 is 3.13 bits per heavy atom. The van der Waals surface area contributed by atoms with Crippen LogP contribution in [0.1, 0.15) is 0 Å². The number of rotatable bonds is 0. The summed E-state index contributed by atoms with van der Waals surface area (Å²) in [5, 5.41) is 0. The van der Waals surface area contributed by atoms with Crippen LogP contribution in [0, 0.1) is 0 Å². The Bertz CT molecular complexity index is 306. The van der Waals surface area contributed by atoms with Crippen LogP contribution in [0.4, 0.5) is 0 Å². The van der Waals surface area contributed by atoms with E-state index >= 15 is 0 Å². The van der Waals surface area contributed by atoms with E-state index < -0.39 is 0 Å². The van der Waals surface area contributed by atoms with Gasteiger partial charge in [-0.05, 0) is 24.1 Å². The summed E-state index contributed by atoms with van der Waals surface area (Å²) >= 11 is 5.37. The Morgan fingerprint density at radius 1 is 1.40 bits per heavy atom. The third-order valence-electron chi connectivity index (χ3n) is 1.33. The number of nitrogens with two attached hydrogens (primary N) is 1. The number of fused-ring (bicyclic) bond motifs is 1. The largest absolute Gasteiger partial charge is 0.247 e. The Kier molecular flexibility index (Phi) is 6.50. The predicted octanol–water partition coefficient (Wildman–Crippen LogP) is 2.01. The van der Waals surface area contributed by atoms with Crippen molar-refractivity contribution in [3.63, 3.8) is 0 Å². The number of nitrogens with one attached hydrogen (secondary N) is 2. The lowest BCUT2D eigenvalue weighted by atomic mass is 10.4. The third kappa shape index (κ3) is 4.21. The fraction of sp³-hybridized carbons (Fsp3) is 0. The minimum Gasteiger partial charge on any atom is -0.247 e. The van der Waals surface area contributed by atoms with E-state index in [0.717, 1.165) is 10.6 Å². The van der Waals surface area contributed by atoms with Gasteiger partial charge < -0.3 is 0 Å². The van der Waals surface area contributed by atoms with Gasteiger partial charge in [0, 0.05) is 24.3 Å². The van der Waals surface area contributed by atoms with E-state index in [1.807, 2.05) is 18.2 Å². The first-order valence-electron chi connectivity index (χ1n) is 3.54. The van der Waals surface area contributed by atoms with Crippen molar-refractivity contribution in [3.8, 4) is 0 Å². The molecule has 0 radical (unpaired) electrons. The van der Waals surface area contributed by atoms with Gasteiger partial charge in [0.2, 0.25) is 0 Å². The highest BCUT2D eigenvalue weighted by Gasteiger charge is 2.14. The van der Waals surface area contributed by atoms with Crippen LogP contribution < -0.4 is 14.1 Å². The van der Waals surface area contributed by atoms with E-state index in [1.165, 1.54) is 48.3 Å². The fourth-order valence-corrected chi connectivity index (χ4v) is 3.52. The second-order valence-electron chi connectivity index (χ2n) is 2.19. The maximum atomic E-state index is 5.71. The molecule has 0 saturated heterocycles. The van der Waals surface area contributed by atoms with Crippen LogP contribution in [-0.4, -0.2) is 9.53 Å². The molecular formula is C5H8ClN5S4. The van der Waals surface area contributed by atoms with Crippen LogP contribution in [0.15, 0.2) is 27.5 Å². The van der Waals surface area contributed by atoms with Crippen LogP contribution in [-0.2, 0) is 0 Å². The van der Waals surface area contributed by atoms with E-state index in [4.69, 9.17) is 5.84 Å². The summed E-state index contributed by atoms with van der Waals surface area (Å²) in [5.41, 5.74) is 0.936. The Labute approximate surface area is 111 Å². The molecule has 5 nitrogen and oxygen atoms in total. The molecule has 0 saturated carbocycles. The first-order valence-corrected chi connectivity index (χ1v) is 6.68. The second kappa shape index (κ2) is 7.09. The van der Waals surface area contributed by atoms with Gasteiger partial charge in [-0.25, -0.2) is 5.84 Å². The Hall–Kier alpha value is 0.680. The van der Waals surface area contributed by atoms with Crippen molar-refractivity contribution < 1.29 is 0 Å². The molecule has 0 aromatic carbocycles. The molecule has 0 atom stereocenters. The first kappa shape index (κ1) is 13.7. The number of allylic oxidation sites excluding steroid dienone is 4. The summed E-state index contributed by atoms with van der Waals surface area (Å²) in [7, 11) is 0. The Morgan fingerprint density at radius 2 is 2.27 bits per heavy atom.